The number of fused-ring (bicyclic) bond motifs is 2. The van der Waals surface area contributed by atoms with Crippen molar-refractivity contribution in [1.82, 2.24) is 0 Å². The van der Waals surface area contributed by atoms with E-state index in [1.54, 1.807) is 12.1 Å². The van der Waals surface area contributed by atoms with E-state index in [0.717, 1.165) is 0 Å². The molecule has 1 aromatic rings. The molecule has 3 aliphatic heterocycles. The predicted molar refractivity (Wildman–Crippen MR) is 90.0 cm³/mol. The molecule has 7 atom stereocenters. The Morgan fingerprint density at radius 1 is 1.07 bits per heavy atom. The summed E-state index contributed by atoms with van der Waals surface area (Å²) in [7, 11) is 0. The second kappa shape index (κ2) is 4.83. The maximum atomic E-state index is 12.9. The summed E-state index contributed by atoms with van der Waals surface area (Å²) in [5.74, 6) is -1.76. The number of esters is 2. The lowest BCUT2D eigenvalue weighted by molar-refractivity contribution is -0.291. The van der Waals surface area contributed by atoms with Crippen molar-refractivity contribution < 1.29 is 33.7 Å². The minimum atomic E-state index is -1.76. The molecule has 1 saturated carbocycles. The number of hydrogen-bond donors (Lipinski definition) is 2. The van der Waals surface area contributed by atoms with Gasteiger partial charge in [0.1, 0.15) is 12.2 Å². The number of rotatable bonds is 1. The summed E-state index contributed by atoms with van der Waals surface area (Å²) in [5.41, 5.74) is -4.55. The zero-order valence-corrected chi connectivity index (χ0v) is 15.2. The first kappa shape index (κ1) is 17.0. The third-order valence-electron chi connectivity index (χ3n) is 7.72. The fourth-order valence-electron chi connectivity index (χ4n) is 6.08. The lowest BCUT2D eigenvalue weighted by Crippen LogP contribution is -2.76. The number of cyclic esters (lactones) is 1. The third-order valence-corrected chi connectivity index (χ3v) is 7.72. The summed E-state index contributed by atoms with van der Waals surface area (Å²) in [6, 6.07) is 1.73. The van der Waals surface area contributed by atoms with Gasteiger partial charge in [0.15, 0.2) is 11.2 Å². The second-order valence-electron chi connectivity index (χ2n) is 8.82. The second-order valence-corrected chi connectivity index (χ2v) is 8.82. The highest BCUT2D eigenvalue weighted by atomic mass is 16.6. The Bertz CT molecular complexity index is 860. The smallest absolute Gasteiger partial charge is 0.343 e. The van der Waals surface area contributed by atoms with E-state index in [9.17, 15) is 19.8 Å². The number of ether oxygens (including phenoxy) is 2. The average molecular weight is 374 g/mol. The highest BCUT2D eigenvalue weighted by molar-refractivity contribution is 5.87. The Hall–Kier alpha value is -2.12. The Labute approximate surface area is 155 Å². The van der Waals surface area contributed by atoms with Crippen LogP contribution in [-0.2, 0) is 19.1 Å². The normalized spacial score (nSPS) is 50.6. The summed E-state index contributed by atoms with van der Waals surface area (Å²) in [6.07, 6.45) is 5.81. The van der Waals surface area contributed by atoms with Gasteiger partial charge in [-0.05, 0) is 37.5 Å². The lowest BCUT2D eigenvalue weighted by atomic mass is 9.41. The molecule has 0 radical (unpaired) electrons. The van der Waals surface area contributed by atoms with Gasteiger partial charge >= 0.3 is 11.9 Å². The number of furan rings is 1. The molecule has 5 aliphatic rings. The van der Waals surface area contributed by atoms with Crippen LogP contribution in [0.3, 0.4) is 0 Å². The molecule has 7 unspecified atom stereocenters. The minimum Gasteiger partial charge on any atom is -0.472 e. The van der Waals surface area contributed by atoms with Gasteiger partial charge in [-0.15, -0.1) is 0 Å². The quantitative estimate of drug-likeness (QED) is 0.569. The van der Waals surface area contributed by atoms with Crippen molar-refractivity contribution in [2.24, 2.45) is 16.7 Å². The van der Waals surface area contributed by atoms with Gasteiger partial charge < -0.3 is 24.1 Å². The van der Waals surface area contributed by atoms with Crippen LogP contribution in [0.2, 0.25) is 0 Å². The Morgan fingerprint density at radius 3 is 2.52 bits per heavy atom. The molecule has 2 N–H and O–H groups in total. The van der Waals surface area contributed by atoms with Crippen LogP contribution in [0.1, 0.15) is 44.8 Å². The summed E-state index contributed by atoms with van der Waals surface area (Å²) < 4.78 is 16.2. The van der Waals surface area contributed by atoms with Crippen LogP contribution in [0.25, 0.3) is 0 Å². The van der Waals surface area contributed by atoms with Gasteiger partial charge in [-0.25, -0.2) is 9.59 Å². The molecule has 2 saturated heterocycles. The van der Waals surface area contributed by atoms with E-state index in [2.05, 4.69) is 0 Å². The highest BCUT2D eigenvalue weighted by Gasteiger charge is 2.76. The first-order valence-electron chi connectivity index (χ1n) is 9.24. The molecule has 144 valence electrons. The van der Waals surface area contributed by atoms with Crippen molar-refractivity contribution >= 4 is 11.9 Å². The summed E-state index contributed by atoms with van der Waals surface area (Å²) >= 11 is 0. The van der Waals surface area contributed by atoms with Gasteiger partial charge in [0, 0.05) is 22.3 Å². The molecular weight excluding hydrogens is 352 g/mol. The van der Waals surface area contributed by atoms with Gasteiger partial charge in [0.25, 0.3) is 0 Å². The fourth-order valence-corrected chi connectivity index (χ4v) is 6.08. The van der Waals surface area contributed by atoms with Crippen LogP contribution >= 0.6 is 0 Å². The standard InChI is InChI=1S/C20H22O7/c1-17-6-7-20(24)16(22)27-13(11-4-8-25-10-11)9-18(20,2)14(17)12-3-5-19(17,23)15(21)26-12/h3-5,8,10,12-14,23-24H,6-7,9H2,1-2H3. The van der Waals surface area contributed by atoms with E-state index in [1.807, 2.05) is 13.8 Å². The molecule has 1 aromatic heterocycles. The van der Waals surface area contributed by atoms with E-state index in [4.69, 9.17) is 13.9 Å². The van der Waals surface area contributed by atoms with Crippen molar-refractivity contribution in [1.29, 1.82) is 0 Å². The van der Waals surface area contributed by atoms with Crippen LogP contribution in [0.15, 0.2) is 35.2 Å². The predicted octanol–water partition coefficient (Wildman–Crippen LogP) is 1.65. The van der Waals surface area contributed by atoms with E-state index in [0.29, 0.717) is 18.4 Å². The number of hydrogen-bond acceptors (Lipinski definition) is 7. The van der Waals surface area contributed by atoms with Crippen molar-refractivity contribution in [3.05, 3.63) is 36.3 Å². The average Bonchev–Trinajstić information content (AvgIpc) is 3.14. The van der Waals surface area contributed by atoms with E-state index in [1.165, 1.54) is 18.6 Å². The zero-order chi connectivity index (χ0) is 19.2. The van der Waals surface area contributed by atoms with Crippen LogP contribution in [-0.4, -0.2) is 39.5 Å². The van der Waals surface area contributed by atoms with E-state index in [-0.39, 0.29) is 6.42 Å². The molecule has 4 heterocycles. The van der Waals surface area contributed by atoms with Crippen molar-refractivity contribution in [3.8, 4) is 0 Å². The molecule has 0 spiro atoms. The van der Waals surface area contributed by atoms with Gasteiger partial charge in [0.05, 0.1) is 12.5 Å². The molecule has 0 aromatic carbocycles. The minimum absolute atomic E-state index is 0.115. The molecule has 7 nitrogen and oxygen atoms in total. The van der Waals surface area contributed by atoms with Gasteiger partial charge in [-0.3, -0.25) is 0 Å². The molecule has 3 fully saturated rings. The Kier molecular flexibility index (Phi) is 3.04. The maximum absolute atomic E-state index is 12.9. The molecule has 0 amide bonds. The molecule has 27 heavy (non-hydrogen) atoms. The zero-order valence-electron chi connectivity index (χ0n) is 15.2. The van der Waals surface area contributed by atoms with Crippen molar-refractivity contribution in [2.45, 2.75) is 56.5 Å². The molecular formula is C20H22O7. The van der Waals surface area contributed by atoms with Crippen molar-refractivity contribution in [3.63, 3.8) is 0 Å². The van der Waals surface area contributed by atoms with E-state index < -0.39 is 52.1 Å². The molecule has 2 bridgehead atoms. The Morgan fingerprint density at radius 2 is 1.85 bits per heavy atom. The SMILES string of the molecule is CC12CCC3(O)C(=O)OC(c4ccoc4)CC3(C)C1C1C=CC2(O)C(=O)O1. The number of carbonyl (C=O) groups is 2. The molecule has 7 heteroatoms. The highest BCUT2D eigenvalue weighted by Crippen LogP contribution is 2.68. The van der Waals surface area contributed by atoms with Crippen LogP contribution in [0.5, 0.6) is 0 Å². The first-order valence-corrected chi connectivity index (χ1v) is 9.24. The monoisotopic (exact) mass is 374 g/mol. The Balaban J connectivity index is 1.66. The van der Waals surface area contributed by atoms with Crippen LogP contribution in [0, 0.1) is 16.7 Å². The number of carbonyl (C=O) groups excluding carboxylic acids is 2. The third kappa shape index (κ3) is 1.75. The van der Waals surface area contributed by atoms with E-state index >= 15 is 0 Å². The molecule has 6 rings (SSSR count). The maximum Gasteiger partial charge on any atom is 0.343 e. The van der Waals surface area contributed by atoms with Crippen molar-refractivity contribution in [2.75, 3.05) is 0 Å². The summed E-state index contributed by atoms with van der Waals surface area (Å²) in [6.45, 7) is 3.69. The summed E-state index contributed by atoms with van der Waals surface area (Å²) in [4.78, 5) is 25.3. The van der Waals surface area contributed by atoms with Crippen LogP contribution < -0.4 is 0 Å². The summed E-state index contributed by atoms with van der Waals surface area (Å²) in [5, 5.41) is 22.6. The van der Waals surface area contributed by atoms with Crippen LogP contribution in [0.4, 0.5) is 0 Å². The van der Waals surface area contributed by atoms with Gasteiger partial charge in [0.2, 0.25) is 0 Å². The number of aliphatic hydroxyl groups is 2. The van der Waals surface area contributed by atoms with Gasteiger partial charge in [-0.1, -0.05) is 13.8 Å². The largest absolute Gasteiger partial charge is 0.472 e. The fraction of sp³-hybridized carbons (Fsp3) is 0.600. The van der Waals surface area contributed by atoms with Gasteiger partial charge in [-0.2, -0.15) is 0 Å². The lowest BCUT2D eigenvalue weighted by Gasteiger charge is -2.67. The topological polar surface area (TPSA) is 106 Å². The first-order chi connectivity index (χ1) is 12.7. The molecule has 2 aliphatic carbocycles.